The standard InChI is InChI=1S/C12H28N2O/c1-5-9-14(7-3)10-8-12(4,11-15)13-6-2/h13,15H,5-11H2,1-4H3. The quantitative estimate of drug-likeness (QED) is 0.612. The van der Waals surface area contributed by atoms with Crippen molar-refractivity contribution in [2.75, 3.05) is 32.8 Å². The SMILES string of the molecule is CCCN(CC)CCC(C)(CO)NCC. The van der Waals surface area contributed by atoms with Crippen molar-refractivity contribution in [3.8, 4) is 0 Å². The lowest BCUT2D eigenvalue weighted by Gasteiger charge is -2.31. The predicted molar refractivity (Wildman–Crippen MR) is 66.2 cm³/mol. The van der Waals surface area contributed by atoms with Crippen LogP contribution in [0, 0.1) is 0 Å². The van der Waals surface area contributed by atoms with Gasteiger partial charge in [0.15, 0.2) is 0 Å². The lowest BCUT2D eigenvalue weighted by molar-refractivity contribution is 0.148. The van der Waals surface area contributed by atoms with Gasteiger partial charge in [-0.25, -0.2) is 0 Å². The van der Waals surface area contributed by atoms with E-state index in [0.717, 1.165) is 32.6 Å². The first-order valence-electron chi connectivity index (χ1n) is 6.20. The highest BCUT2D eigenvalue weighted by Crippen LogP contribution is 2.09. The molecule has 0 saturated heterocycles. The maximum atomic E-state index is 9.35. The first kappa shape index (κ1) is 14.9. The van der Waals surface area contributed by atoms with Crippen molar-refractivity contribution in [2.45, 2.75) is 46.1 Å². The Balaban J connectivity index is 3.96. The molecular formula is C12H28N2O. The topological polar surface area (TPSA) is 35.5 Å². The number of likely N-dealkylation sites (N-methyl/N-ethyl adjacent to an activating group) is 1. The molecule has 92 valence electrons. The highest BCUT2D eigenvalue weighted by atomic mass is 16.3. The number of hydrogen-bond acceptors (Lipinski definition) is 3. The van der Waals surface area contributed by atoms with Crippen LogP contribution in [-0.4, -0.2) is 48.3 Å². The van der Waals surface area contributed by atoms with Crippen molar-refractivity contribution in [3.05, 3.63) is 0 Å². The predicted octanol–water partition coefficient (Wildman–Crippen LogP) is 1.47. The Morgan fingerprint density at radius 3 is 2.27 bits per heavy atom. The van der Waals surface area contributed by atoms with Crippen LogP contribution >= 0.6 is 0 Å². The molecule has 0 aromatic carbocycles. The molecule has 0 rings (SSSR count). The lowest BCUT2D eigenvalue weighted by Crippen LogP contribution is -2.48. The average molecular weight is 216 g/mol. The summed E-state index contributed by atoms with van der Waals surface area (Å²) in [5, 5.41) is 12.7. The van der Waals surface area contributed by atoms with Crippen LogP contribution in [0.5, 0.6) is 0 Å². The minimum Gasteiger partial charge on any atom is -0.394 e. The summed E-state index contributed by atoms with van der Waals surface area (Å²) in [6.07, 6.45) is 2.20. The zero-order chi connectivity index (χ0) is 11.7. The third-order valence-corrected chi connectivity index (χ3v) is 2.92. The van der Waals surface area contributed by atoms with Crippen LogP contribution in [0.1, 0.15) is 40.5 Å². The number of nitrogens with one attached hydrogen (secondary N) is 1. The van der Waals surface area contributed by atoms with Gasteiger partial charge >= 0.3 is 0 Å². The number of aliphatic hydroxyl groups excluding tert-OH is 1. The molecule has 0 aliphatic rings. The summed E-state index contributed by atoms with van der Waals surface area (Å²) in [5.41, 5.74) is -0.115. The zero-order valence-electron chi connectivity index (χ0n) is 10.8. The van der Waals surface area contributed by atoms with Gasteiger partial charge in [0.1, 0.15) is 0 Å². The molecule has 0 bridgehead atoms. The van der Waals surface area contributed by atoms with Crippen LogP contribution < -0.4 is 5.32 Å². The molecule has 0 heterocycles. The number of rotatable bonds is 9. The van der Waals surface area contributed by atoms with Crippen molar-refractivity contribution < 1.29 is 5.11 Å². The third kappa shape index (κ3) is 6.13. The molecular weight excluding hydrogens is 188 g/mol. The molecule has 3 nitrogen and oxygen atoms in total. The Hall–Kier alpha value is -0.120. The second-order valence-corrected chi connectivity index (χ2v) is 4.43. The van der Waals surface area contributed by atoms with Crippen LogP contribution in [0.2, 0.25) is 0 Å². The van der Waals surface area contributed by atoms with E-state index in [4.69, 9.17) is 0 Å². The Morgan fingerprint density at radius 2 is 1.87 bits per heavy atom. The molecule has 15 heavy (non-hydrogen) atoms. The highest BCUT2D eigenvalue weighted by molar-refractivity contribution is 4.82. The van der Waals surface area contributed by atoms with Gasteiger partial charge in [0.05, 0.1) is 6.61 Å². The van der Waals surface area contributed by atoms with Crippen LogP contribution in [-0.2, 0) is 0 Å². The molecule has 3 heteroatoms. The first-order valence-corrected chi connectivity index (χ1v) is 6.20. The fourth-order valence-corrected chi connectivity index (χ4v) is 1.80. The molecule has 0 aliphatic carbocycles. The maximum absolute atomic E-state index is 9.35. The van der Waals surface area contributed by atoms with E-state index in [0.29, 0.717) is 0 Å². The largest absolute Gasteiger partial charge is 0.394 e. The van der Waals surface area contributed by atoms with Gasteiger partial charge in [-0.3, -0.25) is 0 Å². The van der Waals surface area contributed by atoms with Crippen LogP contribution in [0.15, 0.2) is 0 Å². The number of nitrogens with zero attached hydrogens (tertiary/aromatic N) is 1. The molecule has 1 unspecified atom stereocenters. The van der Waals surface area contributed by atoms with E-state index in [-0.39, 0.29) is 12.1 Å². The molecule has 1 atom stereocenters. The Labute approximate surface area is 94.9 Å². The molecule has 0 amide bonds. The van der Waals surface area contributed by atoms with Crippen molar-refractivity contribution in [1.29, 1.82) is 0 Å². The maximum Gasteiger partial charge on any atom is 0.0611 e. The van der Waals surface area contributed by atoms with Crippen molar-refractivity contribution in [2.24, 2.45) is 0 Å². The summed E-state index contributed by atoms with van der Waals surface area (Å²) in [5.74, 6) is 0. The van der Waals surface area contributed by atoms with Gasteiger partial charge in [0.2, 0.25) is 0 Å². The van der Waals surface area contributed by atoms with E-state index in [1.807, 2.05) is 0 Å². The van der Waals surface area contributed by atoms with Crippen LogP contribution in [0.3, 0.4) is 0 Å². The van der Waals surface area contributed by atoms with Crippen molar-refractivity contribution in [1.82, 2.24) is 10.2 Å². The average Bonchev–Trinajstić information content (AvgIpc) is 2.24. The van der Waals surface area contributed by atoms with Gasteiger partial charge in [0, 0.05) is 5.54 Å². The molecule has 0 aromatic heterocycles. The number of aliphatic hydroxyl groups is 1. The Morgan fingerprint density at radius 1 is 1.20 bits per heavy atom. The molecule has 0 radical (unpaired) electrons. The second-order valence-electron chi connectivity index (χ2n) is 4.43. The van der Waals surface area contributed by atoms with Gasteiger partial charge in [-0.15, -0.1) is 0 Å². The van der Waals surface area contributed by atoms with E-state index in [2.05, 4.69) is 37.9 Å². The lowest BCUT2D eigenvalue weighted by atomic mass is 9.98. The molecule has 0 fully saturated rings. The molecule has 0 aromatic rings. The van der Waals surface area contributed by atoms with E-state index in [1.54, 1.807) is 0 Å². The summed E-state index contributed by atoms with van der Waals surface area (Å²) >= 11 is 0. The Kier molecular flexibility index (Phi) is 8.02. The van der Waals surface area contributed by atoms with Gasteiger partial charge in [-0.1, -0.05) is 20.8 Å². The molecule has 2 N–H and O–H groups in total. The van der Waals surface area contributed by atoms with Gasteiger partial charge < -0.3 is 15.3 Å². The summed E-state index contributed by atoms with van der Waals surface area (Å²) in [7, 11) is 0. The van der Waals surface area contributed by atoms with Gasteiger partial charge in [-0.05, 0) is 45.9 Å². The summed E-state index contributed by atoms with van der Waals surface area (Å²) < 4.78 is 0. The number of hydrogen-bond donors (Lipinski definition) is 2. The minimum absolute atomic E-state index is 0.115. The smallest absolute Gasteiger partial charge is 0.0611 e. The summed E-state index contributed by atoms with van der Waals surface area (Å²) in [6, 6.07) is 0. The fraction of sp³-hybridized carbons (Fsp3) is 1.00. The zero-order valence-corrected chi connectivity index (χ0v) is 10.8. The highest BCUT2D eigenvalue weighted by Gasteiger charge is 2.22. The van der Waals surface area contributed by atoms with Gasteiger partial charge in [0.25, 0.3) is 0 Å². The van der Waals surface area contributed by atoms with Crippen molar-refractivity contribution >= 4 is 0 Å². The van der Waals surface area contributed by atoms with E-state index >= 15 is 0 Å². The van der Waals surface area contributed by atoms with Crippen LogP contribution in [0.4, 0.5) is 0 Å². The van der Waals surface area contributed by atoms with Crippen LogP contribution in [0.25, 0.3) is 0 Å². The van der Waals surface area contributed by atoms with E-state index < -0.39 is 0 Å². The molecule has 0 aliphatic heterocycles. The summed E-state index contributed by atoms with van der Waals surface area (Å²) in [6.45, 7) is 13.0. The second kappa shape index (κ2) is 8.08. The molecule has 0 spiro atoms. The fourth-order valence-electron chi connectivity index (χ4n) is 1.80. The Bertz CT molecular complexity index is 153. The first-order chi connectivity index (χ1) is 7.11. The van der Waals surface area contributed by atoms with E-state index in [9.17, 15) is 5.11 Å². The monoisotopic (exact) mass is 216 g/mol. The van der Waals surface area contributed by atoms with Gasteiger partial charge in [-0.2, -0.15) is 0 Å². The van der Waals surface area contributed by atoms with E-state index in [1.165, 1.54) is 6.42 Å². The third-order valence-electron chi connectivity index (χ3n) is 2.92. The minimum atomic E-state index is -0.115. The summed E-state index contributed by atoms with van der Waals surface area (Å²) in [4.78, 5) is 2.44. The molecule has 0 saturated carbocycles. The van der Waals surface area contributed by atoms with Crippen molar-refractivity contribution in [3.63, 3.8) is 0 Å². The normalized spacial score (nSPS) is 15.6.